The number of carboxylic acids is 1. The third-order valence-electron chi connectivity index (χ3n) is 4.34. The van der Waals surface area contributed by atoms with Gasteiger partial charge in [-0.1, -0.05) is 13.8 Å². The highest BCUT2D eigenvalue weighted by Crippen LogP contribution is 2.50. The molecule has 3 unspecified atom stereocenters. The Bertz CT molecular complexity index is 354. The van der Waals surface area contributed by atoms with Gasteiger partial charge in [-0.3, -0.25) is 4.79 Å². The zero-order valence-electron chi connectivity index (χ0n) is 11.0. The van der Waals surface area contributed by atoms with Crippen molar-refractivity contribution in [2.24, 2.45) is 17.3 Å². The number of urea groups is 1. The Morgan fingerprint density at radius 1 is 1.33 bits per heavy atom. The highest BCUT2D eigenvalue weighted by Gasteiger charge is 2.45. The van der Waals surface area contributed by atoms with E-state index in [0.717, 1.165) is 12.8 Å². The summed E-state index contributed by atoms with van der Waals surface area (Å²) in [7, 11) is 0. The van der Waals surface area contributed by atoms with E-state index in [2.05, 4.69) is 24.5 Å². The van der Waals surface area contributed by atoms with Gasteiger partial charge in [-0.25, -0.2) is 4.79 Å². The lowest BCUT2D eigenvalue weighted by Gasteiger charge is -2.13. The molecule has 5 heteroatoms. The van der Waals surface area contributed by atoms with Crippen molar-refractivity contribution in [1.29, 1.82) is 0 Å². The molecule has 2 rings (SSSR count). The molecule has 3 atom stereocenters. The Morgan fingerprint density at radius 3 is 2.50 bits per heavy atom. The molecule has 2 aliphatic carbocycles. The van der Waals surface area contributed by atoms with E-state index in [1.54, 1.807) is 0 Å². The number of aliphatic carboxylic acids is 1. The van der Waals surface area contributed by atoms with Gasteiger partial charge in [-0.15, -0.1) is 0 Å². The van der Waals surface area contributed by atoms with Crippen LogP contribution in [-0.4, -0.2) is 29.7 Å². The fourth-order valence-electron chi connectivity index (χ4n) is 2.71. The van der Waals surface area contributed by atoms with Crippen LogP contribution >= 0.6 is 0 Å². The van der Waals surface area contributed by atoms with Crippen LogP contribution in [0.3, 0.4) is 0 Å². The van der Waals surface area contributed by atoms with Crippen LogP contribution in [-0.2, 0) is 4.79 Å². The Balaban J connectivity index is 1.65. The van der Waals surface area contributed by atoms with Crippen LogP contribution in [0.15, 0.2) is 0 Å². The minimum absolute atomic E-state index is 0.0123. The topological polar surface area (TPSA) is 78.4 Å². The van der Waals surface area contributed by atoms with Gasteiger partial charge in [0.1, 0.15) is 0 Å². The number of carboxylic acid groups (broad SMARTS) is 1. The summed E-state index contributed by atoms with van der Waals surface area (Å²) in [5.41, 5.74) is 0.370. The molecule has 0 aliphatic heterocycles. The second-order valence-corrected chi connectivity index (χ2v) is 6.29. The first-order valence-corrected chi connectivity index (χ1v) is 6.65. The lowest BCUT2D eigenvalue weighted by Crippen LogP contribution is -2.42. The standard InChI is InChI=1S/C13H22N2O3/c1-13(2)6-9(13)7-14-12(18)15-10-4-3-8(5-10)11(16)17/h8-10H,3-7H2,1-2H3,(H,16,17)(H2,14,15,18). The SMILES string of the molecule is CC1(C)CC1CNC(=O)NC1CCC(C(=O)O)C1. The first-order valence-electron chi connectivity index (χ1n) is 6.65. The molecule has 0 aromatic heterocycles. The fraction of sp³-hybridized carbons (Fsp3) is 0.846. The predicted molar refractivity (Wildman–Crippen MR) is 67.2 cm³/mol. The second kappa shape index (κ2) is 4.78. The molecule has 5 nitrogen and oxygen atoms in total. The van der Waals surface area contributed by atoms with Gasteiger partial charge in [-0.05, 0) is 37.0 Å². The molecule has 0 spiro atoms. The molecule has 0 aromatic carbocycles. The fourth-order valence-corrected chi connectivity index (χ4v) is 2.71. The van der Waals surface area contributed by atoms with E-state index >= 15 is 0 Å². The van der Waals surface area contributed by atoms with E-state index in [4.69, 9.17) is 5.11 Å². The van der Waals surface area contributed by atoms with Gasteiger partial charge < -0.3 is 15.7 Å². The third kappa shape index (κ3) is 3.15. The molecular weight excluding hydrogens is 232 g/mol. The molecule has 0 heterocycles. The maximum atomic E-state index is 11.6. The van der Waals surface area contributed by atoms with Gasteiger partial charge in [0.15, 0.2) is 0 Å². The maximum absolute atomic E-state index is 11.6. The number of nitrogens with one attached hydrogen (secondary N) is 2. The van der Waals surface area contributed by atoms with Crippen molar-refractivity contribution in [3.8, 4) is 0 Å². The molecule has 3 N–H and O–H groups in total. The average molecular weight is 254 g/mol. The largest absolute Gasteiger partial charge is 0.481 e. The van der Waals surface area contributed by atoms with E-state index in [1.165, 1.54) is 0 Å². The van der Waals surface area contributed by atoms with Crippen molar-refractivity contribution in [2.75, 3.05) is 6.54 Å². The molecule has 0 radical (unpaired) electrons. The van der Waals surface area contributed by atoms with Crippen LogP contribution in [0.1, 0.15) is 39.5 Å². The molecule has 0 bridgehead atoms. The first kappa shape index (κ1) is 13.2. The molecule has 102 valence electrons. The summed E-state index contributed by atoms with van der Waals surface area (Å²) in [5, 5.41) is 14.6. The predicted octanol–water partition coefficient (Wildman–Crippen LogP) is 1.58. The van der Waals surface area contributed by atoms with Crippen LogP contribution in [0.2, 0.25) is 0 Å². The zero-order chi connectivity index (χ0) is 13.3. The van der Waals surface area contributed by atoms with Gasteiger partial charge in [0, 0.05) is 12.6 Å². The highest BCUT2D eigenvalue weighted by molar-refractivity contribution is 5.75. The molecule has 0 aromatic rings. The highest BCUT2D eigenvalue weighted by atomic mass is 16.4. The van der Waals surface area contributed by atoms with Gasteiger partial charge in [0.05, 0.1) is 5.92 Å². The number of rotatable bonds is 4. The van der Waals surface area contributed by atoms with Crippen LogP contribution in [0.25, 0.3) is 0 Å². The molecule has 2 fully saturated rings. The van der Waals surface area contributed by atoms with Gasteiger partial charge in [0.25, 0.3) is 0 Å². The number of hydrogen-bond acceptors (Lipinski definition) is 2. The quantitative estimate of drug-likeness (QED) is 0.712. The summed E-state index contributed by atoms with van der Waals surface area (Å²) in [6.45, 7) is 5.12. The molecular formula is C13H22N2O3. The Morgan fingerprint density at radius 2 is 2.00 bits per heavy atom. The van der Waals surface area contributed by atoms with Crippen LogP contribution in [0, 0.1) is 17.3 Å². The van der Waals surface area contributed by atoms with E-state index < -0.39 is 5.97 Å². The van der Waals surface area contributed by atoms with E-state index in [-0.39, 0.29) is 18.0 Å². The average Bonchev–Trinajstić information content (AvgIpc) is 2.71. The molecule has 18 heavy (non-hydrogen) atoms. The van der Waals surface area contributed by atoms with Crippen molar-refractivity contribution in [3.63, 3.8) is 0 Å². The van der Waals surface area contributed by atoms with E-state index in [9.17, 15) is 9.59 Å². The Labute approximate surface area is 107 Å². The summed E-state index contributed by atoms with van der Waals surface area (Å²) in [4.78, 5) is 22.4. The second-order valence-electron chi connectivity index (χ2n) is 6.29. The van der Waals surface area contributed by atoms with Crippen molar-refractivity contribution in [1.82, 2.24) is 10.6 Å². The van der Waals surface area contributed by atoms with Crippen LogP contribution < -0.4 is 10.6 Å². The summed E-state index contributed by atoms with van der Waals surface area (Å²) in [6.07, 6.45) is 3.14. The first-order chi connectivity index (χ1) is 8.38. The summed E-state index contributed by atoms with van der Waals surface area (Å²) < 4.78 is 0. The Kier molecular flexibility index (Phi) is 3.50. The van der Waals surface area contributed by atoms with Gasteiger partial charge >= 0.3 is 12.0 Å². The van der Waals surface area contributed by atoms with Gasteiger partial charge in [0.2, 0.25) is 0 Å². The monoisotopic (exact) mass is 254 g/mol. The lowest BCUT2D eigenvalue weighted by atomic mass is 10.1. The normalized spacial score (nSPS) is 32.9. The van der Waals surface area contributed by atoms with Crippen molar-refractivity contribution in [3.05, 3.63) is 0 Å². The molecule has 0 saturated heterocycles. The maximum Gasteiger partial charge on any atom is 0.315 e. The smallest absolute Gasteiger partial charge is 0.315 e. The molecule has 2 amide bonds. The summed E-state index contributed by atoms with van der Waals surface area (Å²) >= 11 is 0. The van der Waals surface area contributed by atoms with Crippen molar-refractivity contribution in [2.45, 2.75) is 45.6 Å². The van der Waals surface area contributed by atoms with E-state index in [1.807, 2.05) is 0 Å². The zero-order valence-corrected chi connectivity index (χ0v) is 11.0. The number of amides is 2. The van der Waals surface area contributed by atoms with Crippen LogP contribution in [0.4, 0.5) is 4.79 Å². The van der Waals surface area contributed by atoms with Gasteiger partial charge in [-0.2, -0.15) is 0 Å². The molecule has 2 aliphatic rings. The summed E-state index contributed by atoms with van der Waals surface area (Å²) in [5.74, 6) is -0.462. The van der Waals surface area contributed by atoms with E-state index in [0.29, 0.717) is 30.7 Å². The third-order valence-corrected chi connectivity index (χ3v) is 4.34. The van der Waals surface area contributed by atoms with Crippen molar-refractivity contribution < 1.29 is 14.7 Å². The number of carbonyl (C=O) groups excluding carboxylic acids is 1. The minimum Gasteiger partial charge on any atom is -0.481 e. The lowest BCUT2D eigenvalue weighted by molar-refractivity contribution is -0.141. The Hall–Kier alpha value is -1.26. The molecule has 2 saturated carbocycles. The number of carbonyl (C=O) groups is 2. The minimum atomic E-state index is -0.751. The summed E-state index contributed by atoms with van der Waals surface area (Å²) in [6, 6.07) is -0.146. The number of hydrogen-bond donors (Lipinski definition) is 3. The van der Waals surface area contributed by atoms with Crippen LogP contribution in [0.5, 0.6) is 0 Å². The van der Waals surface area contributed by atoms with Crippen molar-refractivity contribution >= 4 is 12.0 Å².